The molecule has 0 aliphatic heterocycles. The molecule has 1 amide bonds. The Morgan fingerprint density at radius 3 is 3.00 bits per heavy atom. The largest absolute Gasteiger partial charge is 0.355 e. The second kappa shape index (κ2) is 5.40. The Bertz CT molecular complexity index is 574. The highest BCUT2D eigenvalue weighted by Crippen LogP contribution is 2.13. The van der Waals surface area contributed by atoms with Gasteiger partial charge in [-0.25, -0.2) is 4.98 Å². The summed E-state index contributed by atoms with van der Waals surface area (Å²) in [6.45, 7) is 4.65. The number of aromatic nitrogens is 2. The van der Waals surface area contributed by atoms with E-state index in [9.17, 15) is 4.79 Å². The second-order valence-electron chi connectivity index (χ2n) is 5.35. The van der Waals surface area contributed by atoms with E-state index in [2.05, 4.69) is 21.4 Å². The minimum Gasteiger partial charge on any atom is -0.355 e. The molecule has 1 heterocycles. The van der Waals surface area contributed by atoms with Gasteiger partial charge in [-0.05, 0) is 38.0 Å². The van der Waals surface area contributed by atoms with Gasteiger partial charge in [0.2, 0.25) is 5.91 Å². The molecule has 0 fully saturated rings. The van der Waals surface area contributed by atoms with E-state index in [4.69, 9.17) is 5.73 Å². The average Bonchev–Trinajstić information content (AvgIpc) is 2.86. The normalized spacial score (nSPS) is 11.7. The molecule has 5 heteroatoms. The molecule has 0 spiro atoms. The zero-order valence-corrected chi connectivity index (χ0v) is 11.4. The maximum atomic E-state index is 11.8. The number of hydrogen-bond donors (Lipinski definition) is 3. The van der Waals surface area contributed by atoms with Crippen LogP contribution in [0.15, 0.2) is 24.5 Å². The highest BCUT2D eigenvalue weighted by atomic mass is 16.2. The first-order valence-corrected chi connectivity index (χ1v) is 6.43. The van der Waals surface area contributed by atoms with E-state index in [1.165, 1.54) is 5.56 Å². The lowest BCUT2D eigenvalue weighted by molar-refractivity contribution is -0.128. The van der Waals surface area contributed by atoms with Crippen LogP contribution >= 0.6 is 0 Å². The average molecular weight is 260 g/mol. The van der Waals surface area contributed by atoms with E-state index in [0.717, 1.165) is 17.5 Å². The van der Waals surface area contributed by atoms with E-state index >= 15 is 0 Å². The summed E-state index contributed by atoms with van der Waals surface area (Å²) in [6.07, 6.45) is 2.47. The molecule has 0 saturated carbocycles. The van der Waals surface area contributed by atoms with Crippen molar-refractivity contribution in [2.75, 3.05) is 13.1 Å². The number of fused-ring (bicyclic) bond motifs is 1. The summed E-state index contributed by atoms with van der Waals surface area (Å²) < 4.78 is 0. The van der Waals surface area contributed by atoms with Crippen molar-refractivity contribution in [1.82, 2.24) is 15.3 Å². The molecule has 0 atom stereocenters. The van der Waals surface area contributed by atoms with Crippen LogP contribution in [-0.4, -0.2) is 29.0 Å². The van der Waals surface area contributed by atoms with Gasteiger partial charge in [0.25, 0.3) is 0 Å². The van der Waals surface area contributed by atoms with E-state index in [-0.39, 0.29) is 5.91 Å². The molecule has 19 heavy (non-hydrogen) atoms. The Kier molecular flexibility index (Phi) is 3.85. The van der Waals surface area contributed by atoms with Crippen LogP contribution < -0.4 is 11.1 Å². The third-order valence-electron chi connectivity index (χ3n) is 3.31. The van der Waals surface area contributed by atoms with Gasteiger partial charge < -0.3 is 16.0 Å². The van der Waals surface area contributed by atoms with Gasteiger partial charge in [-0.1, -0.05) is 6.07 Å². The Balaban J connectivity index is 1.90. The first-order chi connectivity index (χ1) is 9.03. The van der Waals surface area contributed by atoms with Crippen LogP contribution in [0.4, 0.5) is 0 Å². The van der Waals surface area contributed by atoms with Crippen LogP contribution in [0.2, 0.25) is 0 Å². The minimum absolute atomic E-state index is 0.00221. The molecule has 0 bridgehead atoms. The standard InChI is InChI=1S/C14H20N4O/c1-14(2,8-15)13(19)16-6-5-10-3-4-11-12(7-10)18-9-17-11/h3-4,7,9H,5-6,8,15H2,1-2H3,(H,16,19)(H,17,18). The summed E-state index contributed by atoms with van der Waals surface area (Å²) in [5.74, 6) is -0.00221. The zero-order chi connectivity index (χ0) is 13.9. The number of nitrogens with one attached hydrogen (secondary N) is 2. The van der Waals surface area contributed by atoms with Crippen LogP contribution in [0.3, 0.4) is 0 Å². The Morgan fingerprint density at radius 2 is 2.26 bits per heavy atom. The van der Waals surface area contributed by atoms with Gasteiger partial charge in [0.1, 0.15) is 0 Å². The number of imidazole rings is 1. The van der Waals surface area contributed by atoms with Crippen molar-refractivity contribution in [2.45, 2.75) is 20.3 Å². The molecule has 1 aromatic heterocycles. The number of rotatable bonds is 5. The van der Waals surface area contributed by atoms with Crippen molar-refractivity contribution in [1.29, 1.82) is 0 Å². The number of aromatic amines is 1. The van der Waals surface area contributed by atoms with E-state index in [0.29, 0.717) is 13.1 Å². The smallest absolute Gasteiger partial charge is 0.226 e. The van der Waals surface area contributed by atoms with Gasteiger partial charge in [0.05, 0.1) is 22.8 Å². The van der Waals surface area contributed by atoms with Gasteiger partial charge in [-0.15, -0.1) is 0 Å². The predicted molar refractivity (Wildman–Crippen MR) is 75.6 cm³/mol. The minimum atomic E-state index is -0.507. The van der Waals surface area contributed by atoms with Crippen LogP contribution in [0.1, 0.15) is 19.4 Å². The lowest BCUT2D eigenvalue weighted by Gasteiger charge is -2.21. The Labute approximate surface area is 112 Å². The molecule has 2 rings (SSSR count). The molecular formula is C14H20N4O. The van der Waals surface area contributed by atoms with Crippen LogP contribution in [-0.2, 0) is 11.2 Å². The molecule has 0 aliphatic carbocycles. The summed E-state index contributed by atoms with van der Waals surface area (Å²) in [5.41, 5.74) is 8.21. The quantitative estimate of drug-likeness (QED) is 0.755. The first-order valence-electron chi connectivity index (χ1n) is 6.43. The van der Waals surface area contributed by atoms with Gasteiger partial charge in [-0.2, -0.15) is 0 Å². The first kappa shape index (κ1) is 13.5. The van der Waals surface area contributed by atoms with E-state index in [1.54, 1.807) is 6.33 Å². The number of H-pyrrole nitrogens is 1. The maximum Gasteiger partial charge on any atom is 0.226 e. The molecule has 4 N–H and O–H groups in total. The lowest BCUT2D eigenvalue weighted by atomic mass is 9.92. The van der Waals surface area contributed by atoms with Crippen molar-refractivity contribution in [3.05, 3.63) is 30.1 Å². The number of carbonyl (C=O) groups is 1. The van der Waals surface area contributed by atoms with Crippen molar-refractivity contribution in [3.8, 4) is 0 Å². The molecule has 2 aromatic rings. The number of hydrogen-bond acceptors (Lipinski definition) is 3. The number of amides is 1. The third-order valence-corrected chi connectivity index (χ3v) is 3.31. The van der Waals surface area contributed by atoms with Gasteiger partial charge in [0.15, 0.2) is 0 Å². The van der Waals surface area contributed by atoms with E-state index < -0.39 is 5.41 Å². The fourth-order valence-corrected chi connectivity index (χ4v) is 1.79. The summed E-state index contributed by atoms with van der Waals surface area (Å²) in [4.78, 5) is 19.1. The predicted octanol–water partition coefficient (Wildman–Crippen LogP) is 1.21. The van der Waals surface area contributed by atoms with Crippen LogP contribution in [0.25, 0.3) is 11.0 Å². The molecule has 5 nitrogen and oxygen atoms in total. The molecular weight excluding hydrogens is 240 g/mol. The fraction of sp³-hybridized carbons (Fsp3) is 0.429. The lowest BCUT2D eigenvalue weighted by Crippen LogP contribution is -2.42. The zero-order valence-electron chi connectivity index (χ0n) is 11.4. The topological polar surface area (TPSA) is 83.8 Å². The van der Waals surface area contributed by atoms with Gasteiger partial charge >= 0.3 is 0 Å². The maximum absolute atomic E-state index is 11.8. The number of carbonyl (C=O) groups excluding carboxylic acids is 1. The van der Waals surface area contributed by atoms with Crippen molar-refractivity contribution >= 4 is 16.9 Å². The highest BCUT2D eigenvalue weighted by Gasteiger charge is 2.24. The molecule has 1 aromatic carbocycles. The Morgan fingerprint density at radius 1 is 1.47 bits per heavy atom. The molecule has 0 radical (unpaired) electrons. The summed E-state index contributed by atoms with van der Waals surface area (Å²) >= 11 is 0. The van der Waals surface area contributed by atoms with Crippen molar-refractivity contribution in [2.24, 2.45) is 11.1 Å². The van der Waals surface area contributed by atoms with Crippen LogP contribution in [0.5, 0.6) is 0 Å². The third kappa shape index (κ3) is 3.12. The molecule has 102 valence electrons. The van der Waals surface area contributed by atoms with Gasteiger partial charge in [-0.3, -0.25) is 4.79 Å². The number of benzene rings is 1. The van der Waals surface area contributed by atoms with Crippen molar-refractivity contribution < 1.29 is 4.79 Å². The van der Waals surface area contributed by atoms with Crippen LogP contribution in [0, 0.1) is 5.41 Å². The highest BCUT2D eigenvalue weighted by molar-refractivity contribution is 5.82. The SMILES string of the molecule is CC(C)(CN)C(=O)NCCc1ccc2nc[nH]c2c1. The van der Waals surface area contributed by atoms with Gasteiger partial charge in [0, 0.05) is 13.1 Å². The van der Waals surface area contributed by atoms with Crippen molar-refractivity contribution in [3.63, 3.8) is 0 Å². The molecule has 0 saturated heterocycles. The second-order valence-corrected chi connectivity index (χ2v) is 5.35. The monoisotopic (exact) mass is 260 g/mol. The summed E-state index contributed by atoms with van der Waals surface area (Å²) in [5, 5.41) is 2.92. The summed E-state index contributed by atoms with van der Waals surface area (Å²) in [7, 11) is 0. The van der Waals surface area contributed by atoms with E-state index in [1.807, 2.05) is 26.0 Å². The summed E-state index contributed by atoms with van der Waals surface area (Å²) in [6, 6.07) is 6.07. The number of nitrogens with zero attached hydrogens (tertiary/aromatic N) is 1. The Hall–Kier alpha value is -1.88. The molecule has 0 unspecified atom stereocenters. The fourth-order valence-electron chi connectivity index (χ4n) is 1.79. The molecule has 0 aliphatic rings. The number of nitrogens with two attached hydrogens (primary N) is 1.